The lowest BCUT2D eigenvalue weighted by Crippen LogP contribution is -2.23. The van der Waals surface area contributed by atoms with E-state index in [1.54, 1.807) is 13.3 Å². The zero-order valence-corrected chi connectivity index (χ0v) is 17.8. The SMILES string of the molecule is COCC(C)(C)c1ccc(Nc2nc(-c3ccc4cn[nH]c4c3)cn3ccnc23)cc1. The van der Waals surface area contributed by atoms with Crippen LogP contribution in [0.15, 0.2) is 67.3 Å². The molecule has 156 valence electrons. The third-order valence-electron chi connectivity index (χ3n) is 5.55. The quantitative estimate of drug-likeness (QED) is 0.413. The first-order valence-electron chi connectivity index (χ1n) is 10.2. The number of hydrogen-bond donors (Lipinski definition) is 2. The number of rotatable bonds is 6. The molecule has 5 aromatic rings. The maximum Gasteiger partial charge on any atom is 0.180 e. The van der Waals surface area contributed by atoms with Gasteiger partial charge in [-0.3, -0.25) is 5.10 Å². The third kappa shape index (κ3) is 3.64. The fourth-order valence-electron chi connectivity index (χ4n) is 3.84. The average molecular weight is 412 g/mol. The molecule has 0 aliphatic carbocycles. The highest BCUT2D eigenvalue weighted by molar-refractivity contribution is 5.84. The molecule has 3 heterocycles. The number of nitrogens with zero attached hydrogens (tertiary/aromatic N) is 4. The van der Waals surface area contributed by atoms with E-state index in [-0.39, 0.29) is 5.41 Å². The molecule has 3 aromatic heterocycles. The number of aromatic nitrogens is 5. The second-order valence-electron chi connectivity index (χ2n) is 8.32. The Hall–Kier alpha value is -3.71. The van der Waals surface area contributed by atoms with Gasteiger partial charge in [-0.2, -0.15) is 5.10 Å². The first kappa shape index (κ1) is 19.3. The summed E-state index contributed by atoms with van der Waals surface area (Å²) >= 11 is 0. The van der Waals surface area contributed by atoms with Gasteiger partial charge in [0.05, 0.1) is 24.0 Å². The van der Waals surface area contributed by atoms with E-state index in [1.165, 1.54) is 5.56 Å². The zero-order valence-electron chi connectivity index (χ0n) is 17.8. The van der Waals surface area contributed by atoms with E-state index >= 15 is 0 Å². The van der Waals surface area contributed by atoms with Crippen molar-refractivity contribution in [1.29, 1.82) is 0 Å². The van der Waals surface area contributed by atoms with Crippen LogP contribution in [0.4, 0.5) is 11.5 Å². The number of ether oxygens (including phenoxy) is 1. The summed E-state index contributed by atoms with van der Waals surface area (Å²) in [5.74, 6) is 0.705. The highest BCUT2D eigenvalue weighted by Crippen LogP contribution is 2.28. The highest BCUT2D eigenvalue weighted by atomic mass is 16.5. The summed E-state index contributed by atoms with van der Waals surface area (Å²) < 4.78 is 7.34. The molecule has 0 unspecified atom stereocenters. The van der Waals surface area contributed by atoms with Crippen molar-refractivity contribution >= 4 is 28.1 Å². The van der Waals surface area contributed by atoms with Crippen LogP contribution in [0.1, 0.15) is 19.4 Å². The second kappa shape index (κ2) is 7.52. The first-order valence-corrected chi connectivity index (χ1v) is 10.2. The van der Waals surface area contributed by atoms with Crippen LogP contribution in [0.5, 0.6) is 0 Å². The minimum atomic E-state index is -0.0485. The number of imidazole rings is 1. The van der Waals surface area contributed by atoms with E-state index in [9.17, 15) is 0 Å². The lowest BCUT2D eigenvalue weighted by atomic mass is 9.85. The summed E-state index contributed by atoms with van der Waals surface area (Å²) in [5, 5.41) is 11.6. The van der Waals surface area contributed by atoms with Crippen LogP contribution >= 0.6 is 0 Å². The van der Waals surface area contributed by atoms with Crippen LogP contribution in [-0.2, 0) is 10.2 Å². The van der Waals surface area contributed by atoms with E-state index in [0.717, 1.165) is 33.5 Å². The summed E-state index contributed by atoms with van der Waals surface area (Å²) in [6.07, 6.45) is 7.51. The summed E-state index contributed by atoms with van der Waals surface area (Å²) in [6.45, 7) is 5.02. The molecule has 0 radical (unpaired) electrons. The molecule has 0 spiro atoms. The molecular weight excluding hydrogens is 388 g/mol. The van der Waals surface area contributed by atoms with E-state index in [1.807, 2.05) is 29.1 Å². The molecule has 2 N–H and O–H groups in total. The van der Waals surface area contributed by atoms with Crippen molar-refractivity contribution in [1.82, 2.24) is 24.6 Å². The van der Waals surface area contributed by atoms with Crippen LogP contribution in [-0.4, -0.2) is 38.3 Å². The number of methoxy groups -OCH3 is 1. The largest absolute Gasteiger partial charge is 0.384 e. The maximum atomic E-state index is 5.36. The van der Waals surface area contributed by atoms with Gasteiger partial charge in [0.15, 0.2) is 11.5 Å². The van der Waals surface area contributed by atoms with Crippen molar-refractivity contribution in [3.05, 3.63) is 72.8 Å². The van der Waals surface area contributed by atoms with E-state index < -0.39 is 0 Å². The standard InChI is InChI=1S/C24H24N6O/c1-24(2,15-31-3)18-6-8-19(9-7-18)27-22-23-25-10-11-30(23)14-21(28-22)16-4-5-17-13-26-29-20(17)12-16/h4-14H,15H2,1-3H3,(H,26,29)(H,27,28). The predicted octanol–water partition coefficient (Wildman–Crippen LogP) is 4.94. The number of anilines is 2. The van der Waals surface area contributed by atoms with Crippen molar-refractivity contribution in [3.8, 4) is 11.3 Å². The molecule has 0 saturated heterocycles. The molecule has 0 aliphatic heterocycles. The van der Waals surface area contributed by atoms with Gasteiger partial charge in [-0.15, -0.1) is 0 Å². The van der Waals surface area contributed by atoms with Crippen molar-refractivity contribution in [2.75, 3.05) is 19.0 Å². The topological polar surface area (TPSA) is 80.1 Å². The third-order valence-corrected chi connectivity index (χ3v) is 5.55. The monoisotopic (exact) mass is 412 g/mol. The Kier molecular flexibility index (Phi) is 4.67. The molecule has 31 heavy (non-hydrogen) atoms. The van der Waals surface area contributed by atoms with E-state index in [4.69, 9.17) is 9.72 Å². The molecule has 0 aliphatic rings. The van der Waals surface area contributed by atoms with Crippen LogP contribution < -0.4 is 5.32 Å². The number of aromatic amines is 1. The minimum Gasteiger partial charge on any atom is -0.384 e. The van der Waals surface area contributed by atoms with Gasteiger partial charge in [-0.1, -0.05) is 38.1 Å². The number of benzene rings is 2. The van der Waals surface area contributed by atoms with E-state index in [2.05, 4.69) is 70.7 Å². The fraction of sp³-hybridized carbons (Fsp3) is 0.208. The van der Waals surface area contributed by atoms with Gasteiger partial charge in [-0.05, 0) is 23.8 Å². The van der Waals surface area contributed by atoms with Gasteiger partial charge in [0, 0.05) is 47.8 Å². The molecule has 0 bridgehead atoms. The Morgan fingerprint density at radius 3 is 2.77 bits per heavy atom. The van der Waals surface area contributed by atoms with Crippen molar-refractivity contribution < 1.29 is 4.74 Å². The maximum absolute atomic E-state index is 5.36. The summed E-state index contributed by atoms with van der Waals surface area (Å²) in [6, 6.07) is 14.5. The molecule has 7 nitrogen and oxygen atoms in total. The predicted molar refractivity (Wildman–Crippen MR) is 123 cm³/mol. The Morgan fingerprint density at radius 2 is 1.97 bits per heavy atom. The minimum absolute atomic E-state index is 0.0485. The number of fused-ring (bicyclic) bond motifs is 2. The molecule has 0 saturated carbocycles. The summed E-state index contributed by atoms with van der Waals surface area (Å²) in [4.78, 5) is 9.36. The van der Waals surface area contributed by atoms with Gasteiger partial charge in [-0.25, -0.2) is 9.97 Å². The van der Waals surface area contributed by atoms with Crippen LogP contribution in [0.3, 0.4) is 0 Å². The fourth-order valence-corrected chi connectivity index (χ4v) is 3.84. The van der Waals surface area contributed by atoms with Gasteiger partial charge in [0.2, 0.25) is 0 Å². The number of H-pyrrole nitrogens is 1. The van der Waals surface area contributed by atoms with Gasteiger partial charge in [0.1, 0.15) is 0 Å². The van der Waals surface area contributed by atoms with Crippen LogP contribution in [0.2, 0.25) is 0 Å². The Labute approximate surface area is 180 Å². The average Bonchev–Trinajstić information content (AvgIpc) is 3.43. The normalized spacial score (nSPS) is 12.0. The Bertz CT molecular complexity index is 1350. The molecule has 0 atom stereocenters. The van der Waals surface area contributed by atoms with E-state index in [0.29, 0.717) is 12.4 Å². The lowest BCUT2D eigenvalue weighted by Gasteiger charge is -2.24. The second-order valence-corrected chi connectivity index (χ2v) is 8.32. The summed E-state index contributed by atoms with van der Waals surface area (Å²) in [7, 11) is 1.73. The molecule has 5 rings (SSSR count). The van der Waals surface area contributed by atoms with Crippen LogP contribution in [0, 0.1) is 0 Å². The van der Waals surface area contributed by atoms with Crippen LogP contribution in [0.25, 0.3) is 27.8 Å². The number of hydrogen-bond acceptors (Lipinski definition) is 5. The lowest BCUT2D eigenvalue weighted by molar-refractivity contribution is 0.146. The molecule has 0 fully saturated rings. The number of nitrogens with one attached hydrogen (secondary N) is 2. The molecular formula is C24H24N6O. The van der Waals surface area contributed by atoms with Crippen molar-refractivity contribution in [2.24, 2.45) is 0 Å². The van der Waals surface area contributed by atoms with Gasteiger partial charge in [0.25, 0.3) is 0 Å². The highest BCUT2D eigenvalue weighted by Gasteiger charge is 2.20. The Morgan fingerprint density at radius 1 is 1.13 bits per heavy atom. The molecule has 0 amide bonds. The molecule has 7 heteroatoms. The molecule has 2 aromatic carbocycles. The summed E-state index contributed by atoms with van der Waals surface area (Å²) in [5.41, 5.74) is 5.74. The first-order chi connectivity index (χ1) is 15.0. The smallest absolute Gasteiger partial charge is 0.180 e. The Balaban J connectivity index is 1.50. The van der Waals surface area contributed by atoms with Gasteiger partial charge < -0.3 is 14.5 Å². The zero-order chi connectivity index (χ0) is 21.4. The van der Waals surface area contributed by atoms with Crippen molar-refractivity contribution in [2.45, 2.75) is 19.3 Å². The van der Waals surface area contributed by atoms with Gasteiger partial charge >= 0.3 is 0 Å². The van der Waals surface area contributed by atoms with Crippen molar-refractivity contribution in [3.63, 3.8) is 0 Å².